The Bertz CT molecular complexity index is 246. The molecule has 15 heavy (non-hydrogen) atoms. The molecule has 1 heteroatoms. The molecule has 1 nitrogen and oxygen atoms in total. The van der Waals surface area contributed by atoms with Crippen molar-refractivity contribution in [1.29, 1.82) is 0 Å². The van der Waals surface area contributed by atoms with E-state index in [1.54, 1.807) is 0 Å². The van der Waals surface area contributed by atoms with E-state index in [-0.39, 0.29) is 6.10 Å². The highest BCUT2D eigenvalue weighted by atomic mass is 16.3. The van der Waals surface area contributed by atoms with Crippen LogP contribution in [0.2, 0.25) is 0 Å². The summed E-state index contributed by atoms with van der Waals surface area (Å²) in [4.78, 5) is 0. The second-order valence-corrected chi connectivity index (χ2v) is 4.10. The van der Waals surface area contributed by atoms with Crippen molar-refractivity contribution >= 4 is 0 Å². The zero-order chi connectivity index (χ0) is 10.9. The first-order chi connectivity index (χ1) is 7.30. The summed E-state index contributed by atoms with van der Waals surface area (Å²) in [5.41, 5.74) is 1.19. The first-order valence-electron chi connectivity index (χ1n) is 5.97. The van der Waals surface area contributed by atoms with Crippen LogP contribution in [0.3, 0.4) is 0 Å². The first kappa shape index (κ1) is 12.3. The molecule has 84 valence electrons. The zero-order valence-corrected chi connectivity index (χ0v) is 9.65. The van der Waals surface area contributed by atoms with E-state index in [1.807, 2.05) is 6.92 Å². The average Bonchev–Trinajstić information content (AvgIpc) is 2.18. The first-order valence-corrected chi connectivity index (χ1v) is 5.97. The van der Waals surface area contributed by atoms with Crippen molar-refractivity contribution in [1.82, 2.24) is 0 Å². The Morgan fingerprint density at radius 2 is 1.73 bits per heavy atom. The van der Waals surface area contributed by atoms with Crippen LogP contribution in [0.5, 0.6) is 0 Å². The number of allylic oxidation sites excluding steroid dienone is 5. The Hall–Kier alpha value is -0.820. The van der Waals surface area contributed by atoms with E-state index in [9.17, 15) is 5.11 Å². The minimum Gasteiger partial charge on any atom is -0.389 e. The third-order valence-corrected chi connectivity index (χ3v) is 2.72. The van der Waals surface area contributed by atoms with Gasteiger partial charge >= 0.3 is 0 Å². The fourth-order valence-electron chi connectivity index (χ4n) is 1.77. The van der Waals surface area contributed by atoms with Crippen LogP contribution in [0, 0.1) is 0 Å². The summed E-state index contributed by atoms with van der Waals surface area (Å²) in [6.45, 7) is 1.86. The lowest BCUT2D eigenvalue weighted by molar-refractivity contribution is 0.226. The van der Waals surface area contributed by atoms with Crippen LogP contribution < -0.4 is 0 Å². The molecule has 1 aliphatic rings. The minimum absolute atomic E-state index is 0.287. The maximum Gasteiger partial charge on any atom is 0.0722 e. The molecule has 0 radical (unpaired) electrons. The number of aliphatic hydroxyl groups is 1. The molecule has 1 N–H and O–H groups in total. The molecule has 0 bridgehead atoms. The van der Waals surface area contributed by atoms with E-state index in [0.29, 0.717) is 0 Å². The molecule has 0 aromatic heterocycles. The van der Waals surface area contributed by atoms with Crippen molar-refractivity contribution in [3.63, 3.8) is 0 Å². The molecule has 0 aromatic rings. The molecule has 0 heterocycles. The van der Waals surface area contributed by atoms with Crippen molar-refractivity contribution in [2.45, 2.75) is 51.6 Å². The Morgan fingerprint density at radius 1 is 1.07 bits per heavy atom. The summed E-state index contributed by atoms with van der Waals surface area (Å²) in [6.07, 6.45) is 17.4. The van der Waals surface area contributed by atoms with Gasteiger partial charge in [0.05, 0.1) is 6.10 Å². The number of hydrogen-bond donors (Lipinski definition) is 1. The molecule has 1 atom stereocenters. The normalized spacial score (nSPS) is 21.3. The zero-order valence-electron chi connectivity index (χ0n) is 9.65. The van der Waals surface area contributed by atoms with Gasteiger partial charge in [-0.05, 0) is 51.0 Å². The van der Waals surface area contributed by atoms with Crippen LogP contribution in [0.15, 0.2) is 36.0 Å². The van der Waals surface area contributed by atoms with Gasteiger partial charge in [0.15, 0.2) is 0 Å². The van der Waals surface area contributed by atoms with Crippen LogP contribution in [-0.2, 0) is 0 Å². The molecule has 1 aliphatic carbocycles. The van der Waals surface area contributed by atoms with E-state index < -0.39 is 0 Å². The van der Waals surface area contributed by atoms with E-state index in [4.69, 9.17) is 0 Å². The maximum absolute atomic E-state index is 9.57. The predicted octanol–water partition coefficient (Wildman–Crippen LogP) is 3.76. The summed E-state index contributed by atoms with van der Waals surface area (Å²) >= 11 is 0. The smallest absolute Gasteiger partial charge is 0.0722 e. The van der Waals surface area contributed by atoms with Gasteiger partial charge in [0.2, 0.25) is 0 Å². The van der Waals surface area contributed by atoms with Crippen molar-refractivity contribution in [3.05, 3.63) is 36.0 Å². The van der Waals surface area contributed by atoms with Gasteiger partial charge in [0.1, 0.15) is 0 Å². The van der Waals surface area contributed by atoms with Crippen LogP contribution in [0.1, 0.15) is 45.4 Å². The second kappa shape index (κ2) is 7.47. The van der Waals surface area contributed by atoms with Crippen molar-refractivity contribution in [2.24, 2.45) is 0 Å². The van der Waals surface area contributed by atoms with Crippen LogP contribution in [0.4, 0.5) is 0 Å². The molecule has 0 saturated heterocycles. The van der Waals surface area contributed by atoms with Crippen LogP contribution in [-0.4, -0.2) is 11.2 Å². The Balaban J connectivity index is 2.55. The summed E-state index contributed by atoms with van der Waals surface area (Å²) in [7, 11) is 0. The summed E-state index contributed by atoms with van der Waals surface area (Å²) in [6, 6.07) is 0. The molecule has 0 spiro atoms. The number of hydrogen-bond acceptors (Lipinski definition) is 1. The molecular formula is C14H22O. The Kier molecular flexibility index (Phi) is 6.10. The van der Waals surface area contributed by atoms with E-state index >= 15 is 0 Å². The van der Waals surface area contributed by atoms with Crippen molar-refractivity contribution in [2.75, 3.05) is 0 Å². The predicted molar refractivity (Wildman–Crippen MR) is 65.7 cm³/mol. The molecular weight excluding hydrogens is 184 g/mol. The topological polar surface area (TPSA) is 20.2 Å². The monoisotopic (exact) mass is 206 g/mol. The van der Waals surface area contributed by atoms with Gasteiger partial charge in [-0.3, -0.25) is 0 Å². The van der Waals surface area contributed by atoms with Crippen LogP contribution >= 0.6 is 0 Å². The van der Waals surface area contributed by atoms with Gasteiger partial charge < -0.3 is 5.11 Å². The maximum atomic E-state index is 9.57. The molecule has 0 saturated carbocycles. The Morgan fingerprint density at radius 3 is 2.47 bits per heavy atom. The largest absolute Gasteiger partial charge is 0.389 e. The molecule has 1 unspecified atom stereocenters. The van der Waals surface area contributed by atoms with E-state index in [1.165, 1.54) is 5.57 Å². The average molecular weight is 206 g/mol. The lowest BCUT2D eigenvalue weighted by Crippen LogP contribution is -2.04. The highest BCUT2D eigenvalue weighted by Gasteiger charge is 2.03. The summed E-state index contributed by atoms with van der Waals surface area (Å²) in [5, 5.41) is 9.57. The van der Waals surface area contributed by atoms with Gasteiger partial charge in [0.25, 0.3) is 0 Å². The van der Waals surface area contributed by atoms with Gasteiger partial charge in [-0.15, -0.1) is 0 Å². The quantitative estimate of drug-likeness (QED) is 0.648. The molecule has 0 aromatic carbocycles. The Labute approximate surface area is 93.2 Å². The number of aliphatic hydroxyl groups excluding tert-OH is 1. The molecule has 0 fully saturated rings. The third kappa shape index (κ3) is 5.58. The summed E-state index contributed by atoms with van der Waals surface area (Å²) in [5.74, 6) is 0. The van der Waals surface area contributed by atoms with E-state index in [2.05, 4.69) is 30.4 Å². The fraction of sp³-hybridized carbons (Fsp3) is 0.571. The third-order valence-electron chi connectivity index (χ3n) is 2.72. The standard InChI is InChI=1S/C14H22O/c1-13(15)14-11-9-7-5-3-2-4-6-8-10-12-14/h3,5-6,8,12-13,15H,2,4,7,9-11H2,1H3. The van der Waals surface area contributed by atoms with Gasteiger partial charge in [-0.2, -0.15) is 0 Å². The van der Waals surface area contributed by atoms with Gasteiger partial charge in [0, 0.05) is 0 Å². The highest BCUT2D eigenvalue weighted by Crippen LogP contribution is 2.14. The van der Waals surface area contributed by atoms with Crippen molar-refractivity contribution in [3.8, 4) is 0 Å². The lowest BCUT2D eigenvalue weighted by atomic mass is 10.0. The van der Waals surface area contributed by atoms with E-state index in [0.717, 1.165) is 38.5 Å². The lowest BCUT2D eigenvalue weighted by Gasteiger charge is -2.09. The van der Waals surface area contributed by atoms with Crippen molar-refractivity contribution < 1.29 is 5.11 Å². The molecule has 0 amide bonds. The van der Waals surface area contributed by atoms with Crippen LogP contribution in [0.25, 0.3) is 0 Å². The minimum atomic E-state index is -0.287. The van der Waals surface area contributed by atoms with Gasteiger partial charge in [-0.1, -0.05) is 30.4 Å². The fourth-order valence-corrected chi connectivity index (χ4v) is 1.77. The summed E-state index contributed by atoms with van der Waals surface area (Å²) < 4.78 is 0. The second-order valence-electron chi connectivity index (χ2n) is 4.10. The molecule has 0 aliphatic heterocycles. The highest BCUT2D eigenvalue weighted by molar-refractivity contribution is 5.09. The van der Waals surface area contributed by atoms with Gasteiger partial charge in [-0.25, -0.2) is 0 Å². The number of rotatable bonds is 1. The SMILES string of the molecule is CC(O)C1=CCC=CCCC=CCCC1. The molecule has 1 rings (SSSR count).